The first kappa shape index (κ1) is 38.8. The Bertz CT molecular complexity index is 1130. The Morgan fingerprint density at radius 2 is 0.696 bits per heavy atom. The average molecular weight is 708 g/mol. The third-order valence-corrected chi connectivity index (χ3v) is 10.4. The third kappa shape index (κ3) is 14.6. The van der Waals surface area contributed by atoms with Crippen LogP contribution < -0.4 is 13.6 Å². The number of aryl methyl sites for hydroxylation is 3. The number of halogens is 3. The molecule has 0 aromatic heterocycles. The van der Waals surface area contributed by atoms with Crippen LogP contribution in [-0.4, -0.2) is 0 Å². The van der Waals surface area contributed by atoms with Crippen LogP contribution in [0.1, 0.15) is 134 Å². The van der Waals surface area contributed by atoms with Crippen molar-refractivity contribution in [1.82, 2.24) is 0 Å². The van der Waals surface area contributed by atoms with Crippen molar-refractivity contribution in [2.75, 3.05) is 0 Å². The van der Waals surface area contributed by atoms with E-state index in [9.17, 15) is 0 Å². The van der Waals surface area contributed by atoms with Gasteiger partial charge in [-0.05, 0) is 91.6 Å². The molecular weight excluding hydrogens is 654 g/mol. The molecule has 0 unspecified atom stereocenters. The quantitative estimate of drug-likeness (QED) is 0.0685. The van der Waals surface area contributed by atoms with E-state index in [-0.39, 0.29) is 0 Å². The molecule has 3 nitrogen and oxygen atoms in total. The Kier molecular flexibility index (Phi) is 19.3. The highest BCUT2D eigenvalue weighted by Crippen LogP contribution is 2.44. The molecular formula is C39H54Cl3O3P. The fraction of sp³-hybridized carbons (Fsp3) is 0.538. The van der Waals surface area contributed by atoms with Crippen molar-refractivity contribution in [3.8, 4) is 17.2 Å². The van der Waals surface area contributed by atoms with E-state index in [0.29, 0.717) is 32.3 Å². The Balaban J connectivity index is 1.71. The smallest absolute Gasteiger partial charge is 0.408 e. The number of hydrogen-bond donors (Lipinski definition) is 0. The SMILES string of the molecule is CCCCCCCc1ccc(OP(Oc2ccc(CCCCCCC)c(Cl)c2)Oc2ccc(CCCCCCC)c(Cl)c2)cc1Cl. The number of unbranched alkanes of at least 4 members (excludes halogenated alkanes) is 12. The van der Waals surface area contributed by atoms with Gasteiger partial charge in [-0.3, -0.25) is 0 Å². The van der Waals surface area contributed by atoms with Gasteiger partial charge in [-0.2, -0.15) is 0 Å². The zero-order chi connectivity index (χ0) is 33.0. The van der Waals surface area contributed by atoms with Gasteiger partial charge >= 0.3 is 8.60 Å². The maximum atomic E-state index is 6.70. The molecule has 46 heavy (non-hydrogen) atoms. The van der Waals surface area contributed by atoms with Crippen molar-refractivity contribution in [1.29, 1.82) is 0 Å². The molecule has 3 aromatic carbocycles. The van der Waals surface area contributed by atoms with Crippen molar-refractivity contribution < 1.29 is 13.6 Å². The lowest BCUT2D eigenvalue weighted by atomic mass is 10.1. The van der Waals surface area contributed by atoms with Crippen LogP contribution in [0.25, 0.3) is 0 Å². The van der Waals surface area contributed by atoms with E-state index in [0.717, 1.165) is 55.2 Å². The maximum absolute atomic E-state index is 6.70. The topological polar surface area (TPSA) is 27.7 Å². The molecule has 0 saturated heterocycles. The number of rotatable bonds is 24. The van der Waals surface area contributed by atoms with Crippen LogP contribution in [-0.2, 0) is 19.3 Å². The summed E-state index contributed by atoms with van der Waals surface area (Å²) in [4.78, 5) is 0. The molecule has 0 amide bonds. The molecule has 0 N–H and O–H groups in total. The van der Waals surface area contributed by atoms with Crippen molar-refractivity contribution in [3.05, 3.63) is 86.4 Å². The van der Waals surface area contributed by atoms with Gasteiger partial charge in [0, 0.05) is 15.1 Å². The van der Waals surface area contributed by atoms with Crippen LogP contribution in [0, 0.1) is 0 Å². The summed E-state index contributed by atoms with van der Waals surface area (Å²) in [5, 5.41) is 2.09. The minimum Gasteiger partial charge on any atom is -0.408 e. The summed E-state index contributed by atoms with van der Waals surface area (Å²) >= 11 is 20.1. The average Bonchev–Trinajstić information content (AvgIpc) is 3.03. The predicted molar refractivity (Wildman–Crippen MR) is 201 cm³/mol. The van der Waals surface area contributed by atoms with E-state index in [1.165, 1.54) is 77.0 Å². The lowest BCUT2D eigenvalue weighted by Crippen LogP contribution is -2.03. The molecule has 0 radical (unpaired) electrons. The zero-order valence-electron chi connectivity index (χ0n) is 28.2. The summed E-state index contributed by atoms with van der Waals surface area (Å²) in [6.45, 7) is 6.70. The van der Waals surface area contributed by atoms with Crippen LogP contribution >= 0.6 is 43.4 Å². The van der Waals surface area contributed by atoms with Crippen LogP contribution in [0.4, 0.5) is 0 Å². The molecule has 3 aromatic rings. The van der Waals surface area contributed by atoms with E-state index in [1.54, 1.807) is 0 Å². The van der Waals surface area contributed by atoms with Gasteiger partial charge in [-0.25, -0.2) is 0 Å². The molecule has 7 heteroatoms. The second-order valence-corrected chi connectivity index (χ2v) is 14.5. The minimum absolute atomic E-state index is 0.593. The van der Waals surface area contributed by atoms with Gasteiger partial charge in [0.25, 0.3) is 0 Å². The van der Waals surface area contributed by atoms with Gasteiger partial charge in [0.2, 0.25) is 0 Å². The third-order valence-electron chi connectivity index (χ3n) is 8.26. The second-order valence-electron chi connectivity index (χ2n) is 12.2. The van der Waals surface area contributed by atoms with Gasteiger partial charge in [-0.1, -0.05) is 151 Å². The Morgan fingerprint density at radius 3 is 0.957 bits per heavy atom. The first-order valence-electron chi connectivity index (χ1n) is 17.6. The molecule has 0 bridgehead atoms. The standard InChI is InChI=1S/C39H54Cl3O3P/c1-4-7-10-13-16-19-31-22-25-34(28-37(31)40)43-46(44-35-26-23-32(38(41)29-35)20-17-14-11-8-5-2)45-36-27-24-33(39(42)30-36)21-18-15-12-9-6-3/h22-30H,4-21H2,1-3H3. The molecule has 0 fully saturated rings. The van der Waals surface area contributed by atoms with Crippen molar-refractivity contribution >= 4 is 43.4 Å². The lowest BCUT2D eigenvalue weighted by Gasteiger charge is -2.19. The van der Waals surface area contributed by atoms with Crippen LogP contribution in [0.2, 0.25) is 15.1 Å². The first-order chi connectivity index (χ1) is 22.4. The van der Waals surface area contributed by atoms with Crippen molar-refractivity contribution in [3.63, 3.8) is 0 Å². The molecule has 3 rings (SSSR count). The summed E-state index contributed by atoms with van der Waals surface area (Å²) in [6.07, 6.45) is 21.3. The highest BCUT2D eigenvalue weighted by atomic mass is 35.5. The largest absolute Gasteiger partial charge is 0.530 e. The van der Waals surface area contributed by atoms with Crippen LogP contribution in [0.3, 0.4) is 0 Å². The molecule has 0 atom stereocenters. The zero-order valence-corrected chi connectivity index (χ0v) is 31.4. The first-order valence-corrected chi connectivity index (χ1v) is 19.9. The fourth-order valence-corrected chi connectivity index (χ4v) is 7.20. The molecule has 0 aliphatic heterocycles. The molecule has 0 saturated carbocycles. The fourth-order valence-electron chi connectivity index (χ4n) is 5.43. The van der Waals surface area contributed by atoms with E-state index in [2.05, 4.69) is 20.8 Å². The highest BCUT2D eigenvalue weighted by Gasteiger charge is 2.22. The van der Waals surface area contributed by atoms with Crippen LogP contribution in [0.15, 0.2) is 54.6 Å². The Labute approximate surface area is 295 Å². The highest BCUT2D eigenvalue weighted by molar-refractivity contribution is 7.43. The van der Waals surface area contributed by atoms with Gasteiger partial charge < -0.3 is 13.6 Å². The Hall–Kier alpha value is -1.64. The molecule has 0 aliphatic carbocycles. The summed E-state index contributed by atoms with van der Waals surface area (Å²) in [6, 6.07) is 17.5. The summed E-state index contributed by atoms with van der Waals surface area (Å²) < 4.78 is 18.9. The monoisotopic (exact) mass is 706 g/mol. The molecule has 0 heterocycles. The minimum atomic E-state index is -1.89. The summed E-state index contributed by atoms with van der Waals surface area (Å²) in [5.74, 6) is 1.78. The number of benzene rings is 3. The normalized spacial score (nSPS) is 11.3. The van der Waals surface area contributed by atoms with Crippen LogP contribution in [0.5, 0.6) is 17.2 Å². The number of hydrogen-bond acceptors (Lipinski definition) is 3. The summed E-state index contributed by atoms with van der Waals surface area (Å²) in [5.41, 5.74) is 3.39. The van der Waals surface area contributed by atoms with E-state index >= 15 is 0 Å². The summed E-state index contributed by atoms with van der Waals surface area (Å²) in [7, 11) is -1.89. The van der Waals surface area contributed by atoms with Crippen molar-refractivity contribution in [2.24, 2.45) is 0 Å². The maximum Gasteiger partial charge on any atom is 0.530 e. The second kappa shape index (κ2) is 22.8. The van der Waals surface area contributed by atoms with E-state index < -0.39 is 8.60 Å². The molecule has 254 valence electrons. The molecule has 0 aliphatic rings. The van der Waals surface area contributed by atoms with Gasteiger partial charge in [0.15, 0.2) is 0 Å². The van der Waals surface area contributed by atoms with E-state index in [4.69, 9.17) is 48.4 Å². The lowest BCUT2D eigenvalue weighted by molar-refractivity contribution is 0.388. The van der Waals surface area contributed by atoms with Crippen molar-refractivity contribution in [2.45, 2.75) is 136 Å². The van der Waals surface area contributed by atoms with E-state index in [1.807, 2.05) is 54.6 Å². The van der Waals surface area contributed by atoms with Gasteiger partial charge in [0.05, 0.1) is 0 Å². The Morgan fingerprint density at radius 1 is 0.413 bits per heavy atom. The molecule has 0 spiro atoms. The predicted octanol–water partition coefficient (Wildman–Crippen LogP) is 14.9. The van der Waals surface area contributed by atoms with Gasteiger partial charge in [-0.15, -0.1) is 0 Å². The van der Waals surface area contributed by atoms with Gasteiger partial charge in [0.1, 0.15) is 17.2 Å².